The lowest BCUT2D eigenvalue weighted by molar-refractivity contribution is -0.870. The molecule has 0 unspecified atom stereocenters. The molecule has 3 heterocycles. The molecule has 2 aliphatic heterocycles. The van der Waals surface area contributed by atoms with Crippen LogP contribution in [-0.2, 0) is 35.8 Å². The first-order valence-electron chi connectivity index (χ1n) is 19.3. The number of halogens is 5. The van der Waals surface area contributed by atoms with Gasteiger partial charge >= 0.3 is 6.18 Å². The monoisotopic (exact) mass is 889 g/mol. The molecule has 3 aromatic rings. The van der Waals surface area contributed by atoms with Gasteiger partial charge in [-0.3, -0.25) is 9.59 Å². The molecule has 0 atom stereocenters. The molecule has 2 amide bonds. The predicted octanol–water partition coefficient (Wildman–Crippen LogP) is 5.19. The first-order valence-corrected chi connectivity index (χ1v) is 21.5. The number of hydrogen-bond donors (Lipinski definition) is 1. The zero-order chi connectivity index (χ0) is 43.8. The Morgan fingerprint density at radius 1 is 0.966 bits per heavy atom. The number of unbranched alkanes of at least 4 members (excludes halogenated alkanes) is 3. The van der Waals surface area contributed by atoms with E-state index in [0.717, 1.165) is 53.4 Å². The topological polar surface area (TPSA) is 158 Å². The number of aromatic nitrogens is 1. The lowest BCUT2D eigenvalue weighted by Crippen LogP contribution is -2.64. The number of fused-ring (bicyclic) bond motifs is 1. The highest BCUT2D eigenvalue weighted by Gasteiger charge is 2.47. The number of carboxylic acid groups (broad SMARTS) is 1. The third-order valence-electron chi connectivity index (χ3n) is 10.2. The number of hydrogen-bond acceptors (Lipinski definition) is 9. The minimum absolute atomic E-state index is 0.0873. The summed E-state index contributed by atoms with van der Waals surface area (Å²) in [4.78, 5) is 43.8. The van der Waals surface area contributed by atoms with Crippen LogP contribution in [0.2, 0.25) is 10.0 Å². The Labute approximate surface area is 353 Å². The lowest BCUT2D eigenvalue weighted by Gasteiger charge is -2.43. The van der Waals surface area contributed by atoms with Crippen molar-refractivity contribution in [2.45, 2.75) is 82.0 Å². The van der Waals surface area contributed by atoms with E-state index in [-0.39, 0.29) is 59.4 Å². The molecule has 1 aromatic heterocycles. The Hall–Kier alpha value is -3.74. The molecular formula is C40H52Cl2F3N5O8S. The summed E-state index contributed by atoms with van der Waals surface area (Å²) in [5.41, 5.74) is 1.45. The maximum Gasteiger partial charge on any atom is 0.430 e. The summed E-state index contributed by atoms with van der Waals surface area (Å²) in [6.07, 6.45) is -0.280. The Morgan fingerprint density at radius 2 is 1.58 bits per heavy atom. The molecule has 0 saturated carbocycles. The summed E-state index contributed by atoms with van der Waals surface area (Å²) < 4.78 is 75.2. The first kappa shape index (κ1) is 47.9. The number of pyridine rings is 1. The molecule has 13 nitrogen and oxygen atoms in total. The van der Waals surface area contributed by atoms with E-state index in [1.165, 1.54) is 12.1 Å². The third kappa shape index (κ3) is 13.1. The maximum atomic E-state index is 14.2. The number of benzene rings is 2. The van der Waals surface area contributed by atoms with Gasteiger partial charge in [0, 0.05) is 67.5 Å². The normalized spacial score (nSPS) is 16.0. The van der Waals surface area contributed by atoms with Crippen LogP contribution in [0, 0.1) is 13.8 Å². The zero-order valence-corrected chi connectivity index (χ0v) is 36.3. The molecule has 2 aromatic carbocycles. The summed E-state index contributed by atoms with van der Waals surface area (Å²) in [5.74, 6) is -2.72. The summed E-state index contributed by atoms with van der Waals surface area (Å²) in [7, 11) is 2.22. The van der Waals surface area contributed by atoms with E-state index in [2.05, 4.69) is 30.8 Å². The highest BCUT2D eigenvalue weighted by atomic mass is 35.5. The summed E-state index contributed by atoms with van der Waals surface area (Å²) in [6.45, 7) is 6.81. The van der Waals surface area contributed by atoms with Crippen LogP contribution in [0.25, 0.3) is 10.9 Å². The van der Waals surface area contributed by atoms with Crippen molar-refractivity contribution >= 4 is 61.9 Å². The fraction of sp³-hybridized carbons (Fsp3) is 0.550. The van der Waals surface area contributed by atoms with E-state index in [0.29, 0.717) is 49.4 Å². The minimum Gasteiger partial charge on any atom is -0.542 e. The van der Waals surface area contributed by atoms with Gasteiger partial charge in [0.15, 0.2) is 0 Å². The summed E-state index contributed by atoms with van der Waals surface area (Å²) in [5, 5.41) is 9.88. The van der Waals surface area contributed by atoms with E-state index in [4.69, 9.17) is 42.6 Å². The molecule has 2 aliphatic rings. The fourth-order valence-corrected chi connectivity index (χ4v) is 9.27. The zero-order valence-electron chi connectivity index (χ0n) is 33.9. The number of carbonyl (C=O) groups is 3. The lowest BCUT2D eigenvalue weighted by atomic mass is 9.89. The standard InChI is InChI=1S/C38H52Cl2N5O6S.C2HF3O2/c1-27-25-28(2)41-36-29(27)11-10-12-32(36)51-26-30-31(39)14-15-33(35(30)40)52(48,49)42-38(16-23-50-24-17-38)37(47)44-20-18-43(19-21-44)34(46)13-8-6-7-9-22-45(3,4)5;3-2(4,5)1(6)7/h10-12,14-15,25,42H,6-9,13,16-24,26H2,1-5H3;(H,6,7)/q+1;/p-1. The number of para-hydroxylation sites is 1. The second kappa shape index (κ2) is 20.2. The molecule has 2 fully saturated rings. The molecule has 2 saturated heterocycles. The van der Waals surface area contributed by atoms with Gasteiger partial charge in [0.25, 0.3) is 0 Å². The SMILES string of the molecule is Cc1cc(C)c2cccc(OCc3c(Cl)ccc(S(=O)(=O)NC4(C(=O)N5CCN(C(=O)CCCCCC[N+](C)(C)C)CC5)CCOCC4)c3Cl)c2n1.O=C([O-])C(F)(F)F. The van der Waals surface area contributed by atoms with E-state index >= 15 is 0 Å². The molecule has 5 rings (SSSR count). The van der Waals surface area contributed by atoms with Crippen molar-refractivity contribution in [3.63, 3.8) is 0 Å². The van der Waals surface area contributed by atoms with Crippen molar-refractivity contribution in [1.29, 1.82) is 0 Å². The number of ether oxygens (including phenoxy) is 2. The van der Waals surface area contributed by atoms with E-state index in [1.807, 2.05) is 36.9 Å². The fourth-order valence-electron chi connectivity index (χ4n) is 6.97. The van der Waals surface area contributed by atoms with Crippen molar-refractivity contribution in [2.75, 3.05) is 67.1 Å². The molecule has 326 valence electrons. The largest absolute Gasteiger partial charge is 0.542 e. The van der Waals surface area contributed by atoms with Gasteiger partial charge in [0.2, 0.25) is 21.8 Å². The first-order chi connectivity index (χ1) is 27.5. The Kier molecular flexibility index (Phi) is 16.4. The van der Waals surface area contributed by atoms with E-state index in [9.17, 15) is 31.2 Å². The highest BCUT2D eigenvalue weighted by molar-refractivity contribution is 7.89. The van der Waals surface area contributed by atoms with Gasteiger partial charge in [-0.25, -0.2) is 13.4 Å². The maximum absolute atomic E-state index is 14.2. The Bertz CT molecular complexity index is 2090. The minimum atomic E-state index is -5.19. The van der Waals surface area contributed by atoms with Crippen LogP contribution in [0.15, 0.2) is 41.3 Å². The van der Waals surface area contributed by atoms with Gasteiger partial charge in [-0.2, -0.15) is 17.9 Å². The van der Waals surface area contributed by atoms with Gasteiger partial charge < -0.3 is 33.7 Å². The molecular weight excluding hydrogens is 838 g/mol. The number of sulfonamides is 1. The van der Waals surface area contributed by atoms with Crippen LogP contribution >= 0.6 is 23.2 Å². The van der Waals surface area contributed by atoms with Gasteiger partial charge in [0.1, 0.15) is 34.3 Å². The smallest absolute Gasteiger partial charge is 0.430 e. The Morgan fingerprint density at radius 3 is 2.19 bits per heavy atom. The quantitative estimate of drug-likeness (QED) is 0.170. The number of carboxylic acids is 1. The van der Waals surface area contributed by atoms with E-state index < -0.39 is 27.7 Å². The molecule has 1 N–H and O–H groups in total. The number of rotatable bonds is 14. The third-order valence-corrected chi connectivity index (χ3v) is 12.6. The number of quaternary nitrogens is 1. The van der Waals surface area contributed by atoms with Crippen LogP contribution < -0.4 is 14.6 Å². The van der Waals surface area contributed by atoms with Gasteiger partial charge in [0.05, 0.1) is 32.7 Å². The van der Waals surface area contributed by atoms with E-state index in [1.54, 1.807) is 11.0 Å². The molecule has 0 radical (unpaired) electrons. The average molecular weight is 891 g/mol. The number of amides is 2. The van der Waals surface area contributed by atoms with Gasteiger partial charge in [-0.1, -0.05) is 41.8 Å². The van der Waals surface area contributed by atoms with Crippen molar-refractivity contribution < 1.29 is 55.0 Å². The van der Waals surface area contributed by atoms with Gasteiger partial charge in [-0.15, -0.1) is 0 Å². The van der Waals surface area contributed by atoms with Crippen LogP contribution in [-0.4, -0.2) is 124 Å². The van der Waals surface area contributed by atoms with Gasteiger partial charge in [-0.05, 0) is 75.8 Å². The Balaban J connectivity index is 0.00000101. The number of carbonyl (C=O) groups excluding carboxylic acids is 3. The van der Waals surface area contributed by atoms with Crippen molar-refractivity contribution in [3.8, 4) is 5.75 Å². The summed E-state index contributed by atoms with van der Waals surface area (Å²) >= 11 is 13.3. The number of alkyl halides is 3. The van der Waals surface area contributed by atoms with Crippen LogP contribution in [0.1, 0.15) is 61.8 Å². The second-order valence-electron chi connectivity index (χ2n) is 15.8. The number of piperazine rings is 1. The van der Waals surface area contributed by atoms with Crippen LogP contribution in [0.3, 0.4) is 0 Å². The van der Waals surface area contributed by atoms with Crippen LogP contribution in [0.5, 0.6) is 5.75 Å². The van der Waals surface area contributed by atoms with Crippen molar-refractivity contribution in [1.82, 2.24) is 19.5 Å². The van der Waals surface area contributed by atoms with Crippen LogP contribution in [0.4, 0.5) is 13.2 Å². The number of aryl methyl sites for hydroxylation is 2. The predicted molar refractivity (Wildman–Crippen MR) is 215 cm³/mol. The van der Waals surface area contributed by atoms with Crippen molar-refractivity contribution in [3.05, 3.63) is 63.3 Å². The molecule has 59 heavy (non-hydrogen) atoms. The van der Waals surface area contributed by atoms with Crippen molar-refractivity contribution in [2.24, 2.45) is 0 Å². The highest BCUT2D eigenvalue weighted by Crippen LogP contribution is 2.35. The average Bonchev–Trinajstić information content (AvgIpc) is 3.15. The number of nitrogens with one attached hydrogen (secondary N) is 1. The second-order valence-corrected chi connectivity index (χ2v) is 18.2. The molecule has 0 spiro atoms. The summed E-state index contributed by atoms with van der Waals surface area (Å²) in [6, 6.07) is 10.4. The molecule has 0 bridgehead atoms. The molecule has 19 heteroatoms. The number of aliphatic carboxylic acids is 1. The molecule has 0 aliphatic carbocycles. The number of nitrogens with zero attached hydrogens (tertiary/aromatic N) is 4.